The molecule has 0 amide bonds. The van der Waals surface area contributed by atoms with Crippen LogP contribution in [0.4, 0.5) is 0 Å². The van der Waals surface area contributed by atoms with E-state index in [1.165, 1.54) is 37.4 Å². The molecule has 0 fully saturated rings. The van der Waals surface area contributed by atoms with Crippen molar-refractivity contribution in [2.75, 3.05) is 0 Å². The molecule has 0 bridgehead atoms. The summed E-state index contributed by atoms with van der Waals surface area (Å²) in [6, 6.07) is 50.8. The minimum atomic E-state index is -0.801. The van der Waals surface area contributed by atoms with E-state index in [2.05, 4.69) is 172 Å². The maximum atomic E-state index is 7.38. The van der Waals surface area contributed by atoms with E-state index in [9.17, 15) is 0 Å². The molecule has 0 N–H and O–H groups in total. The molecule has 3 heteroatoms. The topological polar surface area (TPSA) is 9.23 Å². The molecule has 42 heavy (non-hydrogen) atoms. The smallest absolute Gasteiger partial charge is 0.132 e. The second-order valence-electron chi connectivity index (χ2n) is 11.4. The van der Waals surface area contributed by atoms with Gasteiger partial charge in [-0.1, -0.05) is 172 Å². The lowest BCUT2D eigenvalue weighted by atomic mass is 9.68. The summed E-state index contributed by atoms with van der Waals surface area (Å²) in [5, 5.41) is 8.07. The van der Waals surface area contributed by atoms with Gasteiger partial charge in [0.25, 0.3) is 0 Å². The van der Waals surface area contributed by atoms with Crippen LogP contribution in [-0.4, -0.2) is 6.10 Å². The van der Waals surface area contributed by atoms with Crippen molar-refractivity contribution in [3.63, 3.8) is 0 Å². The Morgan fingerprint density at radius 3 is 1.52 bits per heavy atom. The lowest BCUT2D eigenvalue weighted by Gasteiger charge is -2.48. The van der Waals surface area contributed by atoms with Gasteiger partial charge in [0.15, 0.2) is 0 Å². The van der Waals surface area contributed by atoms with E-state index < -0.39 is 15.8 Å². The van der Waals surface area contributed by atoms with Gasteiger partial charge in [0.2, 0.25) is 0 Å². The van der Waals surface area contributed by atoms with Gasteiger partial charge in [0.1, 0.15) is 11.9 Å². The van der Waals surface area contributed by atoms with E-state index in [-0.39, 0.29) is 17.4 Å². The Bertz CT molecular complexity index is 1650. The molecule has 2 unspecified atom stereocenters. The largest absolute Gasteiger partial charge is 0.484 e. The van der Waals surface area contributed by atoms with Crippen LogP contribution < -0.4 is 31.3 Å². The standard InChI is InChI=1S/C39H34OP2/c1-39(2)33-25-15-27-35(41(29-17-7-3-8-18-29)30-19-9-4-10-20-30)37(33)40-38-34(39)26-16-28-36(38)42(31-21-11-5-12-22-31)32-23-13-6-14-24-32/h3-28,33,37H,1-2H3. The monoisotopic (exact) mass is 580 g/mol. The second kappa shape index (κ2) is 11.5. The van der Waals surface area contributed by atoms with E-state index in [0.29, 0.717) is 0 Å². The fraction of sp³-hybridized carbons (Fsp3) is 0.128. The van der Waals surface area contributed by atoms with Gasteiger partial charge in [-0.15, -0.1) is 0 Å². The Hall–Kier alpha value is -3.76. The van der Waals surface area contributed by atoms with Crippen LogP contribution in [0.15, 0.2) is 163 Å². The maximum absolute atomic E-state index is 7.38. The van der Waals surface area contributed by atoms with Crippen LogP contribution >= 0.6 is 15.8 Å². The highest BCUT2D eigenvalue weighted by Gasteiger charge is 2.47. The molecular weight excluding hydrogens is 546 g/mol. The second-order valence-corrected chi connectivity index (χ2v) is 15.8. The molecule has 2 atom stereocenters. The van der Waals surface area contributed by atoms with E-state index in [4.69, 9.17) is 4.74 Å². The van der Waals surface area contributed by atoms with E-state index >= 15 is 0 Å². The maximum Gasteiger partial charge on any atom is 0.132 e. The summed E-state index contributed by atoms with van der Waals surface area (Å²) in [5.41, 5.74) is 1.20. The van der Waals surface area contributed by atoms with Crippen molar-refractivity contribution in [1.29, 1.82) is 0 Å². The predicted molar refractivity (Wildman–Crippen MR) is 182 cm³/mol. The fourth-order valence-corrected chi connectivity index (χ4v) is 11.4. The Morgan fingerprint density at radius 2 is 1.02 bits per heavy atom. The van der Waals surface area contributed by atoms with Crippen molar-refractivity contribution in [1.82, 2.24) is 0 Å². The first kappa shape index (κ1) is 27.1. The van der Waals surface area contributed by atoms with E-state index in [0.717, 1.165) is 5.75 Å². The zero-order valence-corrected chi connectivity index (χ0v) is 25.8. The summed E-state index contributed by atoms with van der Waals surface area (Å²) in [6.07, 6.45) is 6.95. The van der Waals surface area contributed by atoms with Crippen LogP contribution in [-0.2, 0) is 5.41 Å². The summed E-state index contributed by atoms with van der Waals surface area (Å²) < 4.78 is 7.38. The van der Waals surface area contributed by atoms with Gasteiger partial charge in [-0.2, -0.15) is 0 Å². The number of hydrogen-bond acceptors (Lipinski definition) is 1. The third kappa shape index (κ3) is 4.86. The molecule has 5 aromatic carbocycles. The highest BCUT2D eigenvalue weighted by Crippen LogP contribution is 2.56. The van der Waals surface area contributed by atoms with Crippen molar-refractivity contribution >= 4 is 42.4 Å². The van der Waals surface area contributed by atoms with E-state index in [1.807, 2.05) is 0 Å². The van der Waals surface area contributed by atoms with Gasteiger partial charge in [0.05, 0.1) is 0 Å². The zero-order valence-electron chi connectivity index (χ0n) is 24.0. The Balaban J connectivity index is 1.40. The highest BCUT2D eigenvalue weighted by atomic mass is 31.1. The van der Waals surface area contributed by atoms with Crippen molar-refractivity contribution in [3.8, 4) is 5.75 Å². The summed E-state index contributed by atoms with van der Waals surface area (Å²) in [6.45, 7) is 4.81. The van der Waals surface area contributed by atoms with Crippen molar-refractivity contribution in [2.24, 2.45) is 5.92 Å². The molecule has 0 saturated carbocycles. The minimum absolute atomic E-state index is 0.0476. The van der Waals surface area contributed by atoms with Crippen LogP contribution in [0.1, 0.15) is 19.4 Å². The van der Waals surface area contributed by atoms with Gasteiger partial charge in [0, 0.05) is 27.5 Å². The lowest BCUT2D eigenvalue weighted by Crippen LogP contribution is -2.47. The lowest BCUT2D eigenvalue weighted by molar-refractivity contribution is 0.121. The normalized spacial score (nSPS) is 18.6. The van der Waals surface area contributed by atoms with Crippen LogP contribution in [0.2, 0.25) is 0 Å². The van der Waals surface area contributed by atoms with Gasteiger partial charge in [-0.05, 0) is 37.1 Å². The zero-order chi connectivity index (χ0) is 28.5. The number of fused-ring (bicyclic) bond motifs is 2. The molecule has 2 aliphatic rings. The molecule has 1 aliphatic carbocycles. The average Bonchev–Trinajstić information content (AvgIpc) is 3.04. The molecule has 206 valence electrons. The third-order valence-corrected chi connectivity index (χ3v) is 13.5. The molecule has 0 radical (unpaired) electrons. The third-order valence-electron chi connectivity index (χ3n) is 8.53. The first-order valence-electron chi connectivity index (χ1n) is 14.6. The predicted octanol–water partition coefficient (Wildman–Crippen LogP) is 7.69. The summed E-state index contributed by atoms with van der Waals surface area (Å²) in [4.78, 5) is 0. The first-order chi connectivity index (χ1) is 20.6. The van der Waals surface area contributed by atoms with Crippen molar-refractivity contribution in [2.45, 2.75) is 25.4 Å². The highest BCUT2D eigenvalue weighted by molar-refractivity contribution is 7.80. The SMILES string of the molecule is CC1(C)c2cccc(P(c3ccccc3)c3ccccc3)c2OC2C(P(c3ccccc3)c3ccccc3)=CC=CC21. The van der Waals surface area contributed by atoms with Crippen LogP contribution in [0.25, 0.3) is 0 Å². The molecular formula is C39H34OP2. The first-order valence-corrected chi connectivity index (χ1v) is 17.3. The molecule has 5 aromatic rings. The Morgan fingerprint density at radius 1 is 0.548 bits per heavy atom. The minimum Gasteiger partial charge on any atom is -0.484 e. The quantitative estimate of drug-likeness (QED) is 0.187. The number of ether oxygens (including phenoxy) is 1. The summed E-state index contributed by atoms with van der Waals surface area (Å²) in [5.74, 6) is 1.30. The molecule has 0 aromatic heterocycles. The number of rotatable bonds is 6. The molecule has 0 saturated heterocycles. The van der Waals surface area contributed by atoms with Crippen molar-refractivity contribution < 1.29 is 4.74 Å². The van der Waals surface area contributed by atoms with E-state index in [1.54, 1.807) is 0 Å². The fourth-order valence-electron chi connectivity index (χ4n) is 6.43. The van der Waals surface area contributed by atoms with Gasteiger partial charge < -0.3 is 4.74 Å². The average molecular weight is 581 g/mol. The Kier molecular flexibility index (Phi) is 7.41. The number of hydrogen-bond donors (Lipinski definition) is 0. The molecule has 7 rings (SSSR count). The van der Waals surface area contributed by atoms with Gasteiger partial charge in [-0.3, -0.25) is 0 Å². The number of para-hydroxylation sites is 1. The molecule has 1 nitrogen and oxygen atoms in total. The van der Waals surface area contributed by atoms with Crippen LogP contribution in [0, 0.1) is 5.92 Å². The van der Waals surface area contributed by atoms with Crippen LogP contribution in [0.5, 0.6) is 5.75 Å². The molecule has 1 heterocycles. The van der Waals surface area contributed by atoms with Gasteiger partial charge in [-0.25, -0.2) is 0 Å². The van der Waals surface area contributed by atoms with Gasteiger partial charge >= 0.3 is 0 Å². The summed E-state index contributed by atoms with van der Waals surface area (Å²) in [7, 11) is -1.57. The molecule has 1 aliphatic heterocycles. The number of allylic oxidation sites excluding steroid dienone is 2. The Labute approximate surface area is 252 Å². The number of benzene rings is 5. The van der Waals surface area contributed by atoms with Crippen molar-refractivity contribution in [3.05, 3.63) is 169 Å². The molecule has 0 spiro atoms. The van der Waals surface area contributed by atoms with Crippen LogP contribution in [0.3, 0.4) is 0 Å². The summed E-state index contributed by atoms with van der Waals surface area (Å²) >= 11 is 0.